The van der Waals surface area contributed by atoms with E-state index in [-0.39, 0.29) is 11.9 Å². The number of carbonyl (C=O) groups is 1. The van der Waals surface area contributed by atoms with Gasteiger partial charge in [-0.2, -0.15) is 0 Å². The number of hydrogen-bond acceptors (Lipinski definition) is 2. The number of hydrogen-bond donors (Lipinski definition) is 1. The fourth-order valence-corrected chi connectivity index (χ4v) is 4.84. The average Bonchev–Trinajstić information content (AvgIpc) is 2.74. The van der Waals surface area contributed by atoms with Gasteiger partial charge in [-0.25, -0.2) is 0 Å². The Kier molecular flexibility index (Phi) is 6.34. The van der Waals surface area contributed by atoms with E-state index in [4.69, 9.17) is 0 Å². The summed E-state index contributed by atoms with van der Waals surface area (Å²) in [6.45, 7) is 7.76. The van der Waals surface area contributed by atoms with E-state index in [1.54, 1.807) is 0 Å². The molecule has 0 bridgehead atoms. The number of amides is 1. The molecule has 4 rings (SSSR count). The molecule has 1 heterocycles. The second-order valence-corrected chi connectivity index (χ2v) is 9.11. The average molecular weight is 391 g/mol. The van der Waals surface area contributed by atoms with Crippen molar-refractivity contribution in [3.05, 3.63) is 70.3 Å². The molecular weight excluding hydrogens is 356 g/mol. The number of aryl methyl sites for hydroxylation is 2. The molecule has 1 N–H and O–H groups in total. The second kappa shape index (κ2) is 9.13. The number of benzene rings is 2. The number of nitrogens with one attached hydrogen (secondary N) is 1. The standard InChI is InChI=1S/C26H34N2O/c1-19-6-5-15-28(17-19)18-21-9-11-23(12-10-21)26(29)27-20(2)24-14-13-22-7-3-4-8-25(22)16-24/h9-14,16,19-20H,3-8,15,17-18H2,1-2H3,(H,27,29)/t19-,20+/m1/s1. The van der Waals surface area contributed by atoms with Crippen LogP contribution in [0.15, 0.2) is 42.5 Å². The summed E-state index contributed by atoms with van der Waals surface area (Å²) in [5.41, 5.74) is 6.18. The van der Waals surface area contributed by atoms with Crippen molar-refractivity contribution in [1.29, 1.82) is 0 Å². The van der Waals surface area contributed by atoms with E-state index in [1.807, 2.05) is 12.1 Å². The van der Waals surface area contributed by atoms with Gasteiger partial charge in [-0.15, -0.1) is 0 Å². The highest BCUT2D eigenvalue weighted by atomic mass is 16.1. The van der Waals surface area contributed by atoms with Gasteiger partial charge in [0.2, 0.25) is 0 Å². The van der Waals surface area contributed by atoms with Crippen LogP contribution in [0.2, 0.25) is 0 Å². The SMILES string of the molecule is C[C@@H]1CCCN(Cc2ccc(C(=O)N[C@@H](C)c3ccc4c(c3)CCCC4)cc2)C1. The highest BCUT2D eigenvalue weighted by Gasteiger charge is 2.17. The third-order valence-electron chi connectivity index (χ3n) is 6.58. The summed E-state index contributed by atoms with van der Waals surface area (Å²) in [6, 6.07) is 14.9. The lowest BCUT2D eigenvalue weighted by Gasteiger charge is -2.30. The third-order valence-corrected chi connectivity index (χ3v) is 6.58. The minimum atomic E-state index is 0.00775. The molecule has 1 aliphatic heterocycles. The molecule has 1 saturated heterocycles. The Bertz CT molecular complexity index is 842. The quantitative estimate of drug-likeness (QED) is 0.752. The van der Waals surface area contributed by atoms with Gasteiger partial charge in [-0.05, 0) is 92.3 Å². The lowest BCUT2D eigenvalue weighted by molar-refractivity contribution is 0.0940. The molecule has 0 unspecified atom stereocenters. The van der Waals surface area contributed by atoms with Gasteiger partial charge in [0.25, 0.3) is 5.91 Å². The van der Waals surface area contributed by atoms with Crippen molar-refractivity contribution >= 4 is 5.91 Å². The highest BCUT2D eigenvalue weighted by molar-refractivity contribution is 5.94. The summed E-state index contributed by atoms with van der Waals surface area (Å²) in [7, 11) is 0. The predicted molar refractivity (Wildman–Crippen MR) is 119 cm³/mol. The van der Waals surface area contributed by atoms with Crippen molar-refractivity contribution in [2.75, 3.05) is 13.1 Å². The van der Waals surface area contributed by atoms with Crippen molar-refractivity contribution in [2.24, 2.45) is 5.92 Å². The molecule has 1 aliphatic carbocycles. The lowest BCUT2D eigenvalue weighted by atomic mass is 9.89. The number of likely N-dealkylation sites (tertiary alicyclic amines) is 1. The third kappa shape index (κ3) is 5.08. The van der Waals surface area contributed by atoms with Crippen LogP contribution in [0.3, 0.4) is 0 Å². The summed E-state index contributed by atoms with van der Waals surface area (Å²) < 4.78 is 0. The molecule has 0 saturated carbocycles. The van der Waals surface area contributed by atoms with Gasteiger partial charge in [-0.1, -0.05) is 37.3 Å². The van der Waals surface area contributed by atoms with Crippen LogP contribution in [0.25, 0.3) is 0 Å². The Morgan fingerprint density at radius 3 is 2.59 bits per heavy atom. The first-order valence-corrected chi connectivity index (χ1v) is 11.3. The molecule has 3 nitrogen and oxygen atoms in total. The van der Waals surface area contributed by atoms with Crippen LogP contribution >= 0.6 is 0 Å². The Labute approximate surface area is 175 Å². The number of nitrogens with zero attached hydrogens (tertiary/aromatic N) is 1. The zero-order chi connectivity index (χ0) is 20.2. The van der Waals surface area contributed by atoms with Crippen molar-refractivity contribution < 1.29 is 4.79 Å². The highest BCUT2D eigenvalue weighted by Crippen LogP contribution is 2.25. The molecule has 29 heavy (non-hydrogen) atoms. The van der Waals surface area contributed by atoms with E-state index in [9.17, 15) is 4.79 Å². The molecule has 2 aromatic rings. The maximum absolute atomic E-state index is 12.7. The molecule has 0 radical (unpaired) electrons. The first-order valence-electron chi connectivity index (χ1n) is 11.3. The van der Waals surface area contributed by atoms with E-state index >= 15 is 0 Å². The first-order chi connectivity index (χ1) is 14.1. The molecule has 1 amide bonds. The lowest BCUT2D eigenvalue weighted by Crippen LogP contribution is -2.33. The number of piperidine rings is 1. The van der Waals surface area contributed by atoms with Gasteiger partial charge >= 0.3 is 0 Å². The van der Waals surface area contributed by atoms with E-state index in [0.29, 0.717) is 0 Å². The first kappa shape index (κ1) is 20.2. The summed E-state index contributed by atoms with van der Waals surface area (Å²) in [6.07, 6.45) is 7.58. The van der Waals surface area contributed by atoms with E-state index in [0.717, 1.165) is 18.0 Å². The van der Waals surface area contributed by atoms with Crippen molar-refractivity contribution in [2.45, 2.75) is 65.0 Å². The predicted octanol–water partition coefficient (Wildman–Crippen LogP) is 5.29. The molecular formula is C26H34N2O. The van der Waals surface area contributed by atoms with Crippen LogP contribution in [0.1, 0.15) is 78.2 Å². The van der Waals surface area contributed by atoms with Crippen LogP contribution in [0, 0.1) is 5.92 Å². The minimum absolute atomic E-state index is 0.00775. The molecule has 0 spiro atoms. The number of fused-ring (bicyclic) bond motifs is 1. The van der Waals surface area contributed by atoms with Gasteiger partial charge in [0.05, 0.1) is 6.04 Å². The molecule has 3 heteroatoms. The topological polar surface area (TPSA) is 32.3 Å². The molecule has 2 aromatic carbocycles. The van der Waals surface area contributed by atoms with Crippen LogP contribution < -0.4 is 5.32 Å². The fraction of sp³-hybridized carbons (Fsp3) is 0.500. The maximum atomic E-state index is 12.7. The van der Waals surface area contributed by atoms with Gasteiger partial charge in [0.15, 0.2) is 0 Å². The largest absolute Gasteiger partial charge is 0.346 e. The second-order valence-electron chi connectivity index (χ2n) is 9.11. The van der Waals surface area contributed by atoms with E-state index in [2.05, 4.69) is 54.4 Å². The summed E-state index contributed by atoms with van der Waals surface area (Å²) in [5.74, 6) is 0.798. The van der Waals surface area contributed by atoms with E-state index < -0.39 is 0 Å². The van der Waals surface area contributed by atoms with Gasteiger partial charge in [0.1, 0.15) is 0 Å². The molecule has 154 valence electrons. The van der Waals surface area contributed by atoms with Gasteiger partial charge in [-0.3, -0.25) is 9.69 Å². The van der Waals surface area contributed by atoms with Gasteiger partial charge < -0.3 is 5.32 Å². The fourth-order valence-electron chi connectivity index (χ4n) is 4.84. The molecule has 1 fully saturated rings. The Morgan fingerprint density at radius 2 is 1.83 bits per heavy atom. The molecule has 2 aliphatic rings. The van der Waals surface area contributed by atoms with Crippen molar-refractivity contribution in [3.8, 4) is 0 Å². The van der Waals surface area contributed by atoms with Gasteiger partial charge in [0, 0.05) is 18.7 Å². The normalized spacial score (nSPS) is 20.7. The summed E-state index contributed by atoms with van der Waals surface area (Å²) in [5, 5.41) is 3.18. The number of rotatable bonds is 5. The van der Waals surface area contributed by atoms with Crippen molar-refractivity contribution in [3.63, 3.8) is 0 Å². The van der Waals surface area contributed by atoms with E-state index in [1.165, 1.54) is 73.9 Å². The zero-order valence-electron chi connectivity index (χ0n) is 17.9. The minimum Gasteiger partial charge on any atom is -0.346 e. The molecule has 0 aromatic heterocycles. The zero-order valence-corrected chi connectivity index (χ0v) is 17.9. The van der Waals surface area contributed by atoms with Crippen molar-refractivity contribution in [1.82, 2.24) is 10.2 Å². The summed E-state index contributed by atoms with van der Waals surface area (Å²) >= 11 is 0. The van der Waals surface area contributed by atoms with Crippen LogP contribution in [0.5, 0.6) is 0 Å². The Balaban J connectivity index is 1.35. The maximum Gasteiger partial charge on any atom is 0.251 e. The molecule has 2 atom stereocenters. The monoisotopic (exact) mass is 390 g/mol. The Hall–Kier alpha value is -2.13. The Morgan fingerprint density at radius 1 is 1.07 bits per heavy atom. The van der Waals surface area contributed by atoms with Crippen LogP contribution in [-0.4, -0.2) is 23.9 Å². The smallest absolute Gasteiger partial charge is 0.251 e. The van der Waals surface area contributed by atoms with Crippen LogP contribution in [-0.2, 0) is 19.4 Å². The number of carbonyl (C=O) groups excluding carboxylic acids is 1. The van der Waals surface area contributed by atoms with Crippen LogP contribution in [0.4, 0.5) is 0 Å². The summed E-state index contributed by atoms with van der Waals surface area (Å²) in [4.78, 5) is 15.3.